The SMILES string of the molecule is COc1cc(CN2CCc3nnc(C(C)NC(=O)c4ccco4)n3CC2)ccc1F. The van der Waals surface area contributed by atoms with Crippen LogP contribution in [0.15, 0.2) is 41.0 Å². The first-order chi connectivity index (χ1) is 14.5. The van der Waals surface area contributed by atoms with Gasteiger partial charge in [0.15, 0.2) is 23.2 Å². The van der Waals surface area contributed by atoms with Crippen LogP contribution in [0, 0.1) is 5.82 Å². The summed E-state index contributed by atoms with van der Waals surface area (Å²) in [5, 5.41) is 11.5. The number of hydrogen-bond acceptors (Lipinski definition) is 6. The van der Waals surface area contributed by atoms with Crippen molar-refractivity contribution in [3.05, 3.63) is 65.4 Å². The second kappa shape index (κ2) is 8.66. The Morgan fingerprint density at radius 3 is 2.93 bits per heavy atom. The second-order valence-electron chi connectivity index (χ2n) is 7.29. The summed E-state index contributed by atoms with van der Waals surface area (Å²) >= 11 is 0. The third-order valence-electron chi connectivity index (χ3n) is 5.25. The van der Waals surface area contributed by atoms with Crippen LogP contribution in [0.5, 0.6) is 5.75 Å². The molecule has 3 heterocycles. The Kier molecular flexibility index (Phi) is 5.80. The Hall–Kier alpha value is -3.20. The monoisotopic (exact) mass is 413 g/mol. The molecular weight excluding hydrogens is 389 g/mol. The summed E-state index contributed by atoms with van der Waals surface area (Å²) in [7, 11) is 1.47. The first kappa shape index (κ1) is 20.1. The predicted octanol–water partition coefficient (Wildman–Crippen LogP) is 2.57. The van der Waals surface area contributed by atoms with Crippen molar-refractivity contribution in [2.45, 2.75) is 32.5 Å². The molecule has 9 heteroatoms. The number of amides is 1. The van der Waals surface area contributed by atoms with Gasteiger partial charge in [0.1, 0.15) is 5.82 Å². The van der Waals surface area contributed by atoms with Gasteiger partial charge in [0.2, 0.25) is 0 Å². The third-order valence-corrected chi connectivity index (χ3v) is 5.25. The number of furan rings is 1. The average Bonchev–Trinajstić information content (AvgIpc) is 3.38. The number of benzene rings is 1. The fraction of sp³-hybridized carbons (Fsp3) is 0.381. The van der Waals surface area contributed by atoms with Crippen LogP contribution in [0.1, 0.15) is 40.7 Å². The van der Waals surface area contributed by atoms with Crippen LogP contribution in [0.4, 0.5) is 4.39 Å². The number of rotatable bonds is 6. The summed E-state index contributed by atoms with van der Waals surface area (Å²) in [5.74, 6) is 1.48. The van der Waals surface area contributed by atoms with Gasteiger partial charge in [-0.3, -0.25) is 9.69 Å². The van der Waals surface area contributed by atoms with Gasteiger partial charge in [-0.05, 0) is 36.8 Å². The van der Waals surface area contributed by atoms with Crippen LogP contribution in [0.3, 0.4) is 0 Å². The number of nitrogens with zero attached hydrogens (tertiary/aromatic N) is 4. The molecule has 3 aromatic rings. The molecule has 0 aliphatic carbocycles. The number of nitrogens with one attached hydrogen (secondary N) is 1. The zero-order chi connectivity index (χ0) is 21.1. The maximum Gasteiger partial charge on any atom is 0.287 e. The molecule has 0 bridgehead atoms. The third kappa shape index (κ3) is 4.20. The van der Waals surface area contributed by atoms with E-state index in [1.54, 1.807) is 24.3 Å². The predicted molar refractivity (Wildman–Crippen MR) is 107 cm³/mol. The van der Waals surface area contributed by atoms with E-state index in [4.69, 9.17) is 9.15 Å². The molecule has 0 fully saturated rings. The molecule has 0 saturated carbocycles. The van der Waals surface area contributed by atoms with Gasteiger partial charge in [-0.1, -0.05) is 6.07 Å². The highest BCUT2D eigenvalue weighted by atomic mass is 19.1. The van der Waals surface area contributed by atoms with Crippen LogP contribution in [-0.2, 0) is 19.5 Å². The molecule has 1 amide bonds. The van der Waals surface area contributed by atoms with Crippen molar-refractivity contribution in [2.75, 3.05) is 20.2 Å². The van der Waals surface area contributed by atoms with Crippen LogP contribution in [-0.4, -0.2) is 45.8 Å². The fourth-order valence-electron chi connectivity index (χ4n) is 3.67. The largest absolute Gasteiger partial charge is 0.494 e. The van der Waals surface area contributed by atoms with Gasteiger partial charge in [-0.15, -0.1) is 10.2 Å². The fourth-order valence-corrected chi connectivity index (χ4v) is 3.67. The Morgan fingerprint density at radius 1 is 1.30 bits per heavy atom. The van der Waals surface area contributed by atoms with Gasteiger partial charge >= 0.3 is 0 Å². The standard InChI is InChI=1S/C21H24FN5O3/c1-14(23-21(28)17-4-3-11-30-17)20-25-24-19-7-8-26(9-10-27(19)20)13-15-5-6-16(22)18(12-15)29-2/h3-6,11-12,14H,7-10,13H2,1-2H3,(H,23,28). The number of methoxy groups -OCH3 is 1. The molecule has 1 atom stereocenters. The minimum absolute atomic E-state index is 0.253. The van der Waals surface area contributed by atoms with E-state index in [0.29, 0.717) is 13.1 Å². The molecular formula is C21H24FN5O3. The topological polar surface area (TPSA) is 85.4 Å². The normalized spacial score (nSPS) is 15.3. The van der Waals surface area contributed by atoms with Crippen molar-refractivity contribution in [3.63, 3.8) is 0 Å². The van der Waals surface area contributed by atoms with Crippen molar-refractivity contribution in [1.29, 1.82) is 0 Å². The van der Waals surface area contributed by atoms with E-state index >= 15 is 0 Å². The molecule has 0 saturated heterocycles. The van der Waals surface area contributed by atoms with Gasteiger partial charge in [0, 0.05) is 32.6 Å². The van der Waals surface area contributed by atoms with E-state index in [-0.39, 0.29) is 29.3 Å². The zero-order valence-corrected chi connectivity index (χ0v) is 17.0. The molecule has 4 rings (SSSR count). The van der Waals surface area contributed by atoms with Gasteiger partial charge in [-0.2, -0.15) is 0 Å². The molecule has 1 aliphatic rings. The van der Waals surface area contributed by atoms with Gasteiger partial charge in [0.25, 0.3) is 5.91 Å². The van der Waals surface area contributed by atoms with Gasteiger partial charge < -0.3 is 19.0 Å². The van der Waals surface area contributed by atoms with Crippen LogP contribution in [0.25, 0.3) is 0 Å². The van der Waals surface area contributed by atoms with Crippen molar-refractivity contribution in [1.82, 2.24) is 25.0 Å². The quantitative estimate of drug-likeness (QED) is 0.669. The smallest absolute Gasteiger partial charge is 0.287 e. The molecule has 158 valence electrons. The van der Waals surface area contributed by atoms with Crippen molar-refractivity contribution >= 4 is 5.91 Å². The maximum absolute atomic E-state index is 13.7. The van der Waals surface area contributed by atoms with E-state index in [1.165, 1.54) is 19.4 Å². The number of hydrogen-bond donors (Lipinski definition) is 1. The lowest BCUT2D eigenvalue weighted by molar-refractivity contribution is 0.0909. The lowest BCUT2D eigenvalue weighted by Crippen LogP contribution is -2.30. The number of carbonyl (C=O) groups excluding carboxylic acids is 1. The van der Waals surface area contributed by atoms with Crippen LogP contribution in [0.2, 0.25) is 0 Å². The molecule has 1 aliphatic heterocycles. The minimum atomic E-state index is -0.362. The van der Waals surface area contributed by atoms with E-state index in [1.807, 2.05) is 6.92 Å². The number of halogens is 1. The minimum Gasteiger partial charge on any atom is -0.494 e. The number of fused-ring (bicyclic) bond motifs is 1. The van der Waals surface area contributed by atoms with E-state index in [0.717, 1.165) is 36.7 Å². The van der Waals surface area contributed by atoms with Crippen molar-refractivity contribution in [2.24, 2.45) is 0 Å². The van der Waals surface area contributed by atoms with E-state index < -0.39 is 0 Å². The summed E-state index contributed by atoms with van der Waals surface area (Å²) in [6, 6.07) is 7.93. The van der Waals surface area contributed by atoms with Gasteiger partial charge in [0.05, 0.1) is 19.4 Å². The van der Waals surface area contributed by atoms with Crippen molar-refractivity contribution in [3.8, 4) is 5.75 Å². The van der Waals surface area contributed by atoms with E-state index in [2.05, 4.69) is 25.0 Å². The molecule has 1 unspecified atom stereocenters. The molecule has 1 aromatic carbocycles. The summed E-state index contributed by atoms with van der Waals surface area (Å²) in [4.78, 5) is 14.6. The Labute approximate surface area is 173 Å². The number of carbonyl (C=O) groups is 1. The lowest BCUT2D eigenvalue weighted by Gasteiger charge is -2.20. The highest BCUT2D eigenvalue weighted by molar-refractivity contribution is 5.91. The Bertz CT molecular complexity index is 1020. The second-order valence-corrected chi connectivity index (χ2v) is 7.29. The van der Waals surface area contributed by atoms with Crippen LogP contribution >= 0.6 is 0 Å². The summed E-state index contributed by atoms with van der Waals surface area (Å²) in [6.45, 7) is 4.87. The number of ether oxygens (including phenoxy) is 1. The Morgan fingerprint density at radius 2 is 2.17 bits per heavy atom. The summed E-state index contributed by atoms with van der Waals surface area (Å²) < 4.78 is 26.0. The van der Waals surface area contributed by atoms with Crippen LogP contribution < -0.4 is 10.1 Å². The van der Waals surface area contributed by atoms with Gasteiger partial charge in [-0.25, -0.2) is 4.39 Å². The highest BCUT2D eigenvalue weighted by Crippen LogP contribution is 2.21. The highest BCUT2D eigenvalue weighted by Gasteiger charge is 2.23. The molecule has 2 aromatic heterocycles. The molecule has 30 heavy (non-hydrogen) atoms. The lowest BCUT2D eigenvalue weighted by atomic mass is 10.2. The summed E-state index contributed by atoms with van der Waals surface area (Å²) in [5.41, 5.74) is 0.991. The molecule has 0 radical (unpaired) electrons. The average molecular weight is 413 g/mol. The molecule has 0 spiro atoms. The van der Waals surface area contributed by atoms with Crippen molar-refractivity contribution < 1.29 is 18.3 Å². The van der Waals surface area contributed by atoms with E-state index in [9.17, 15) is 9.18 Å². The maximum atomic E-state index is 13.7. The first-order valence-electron chi connectivity index (χ1n) is 9.86. The summed E-state index contributed by atoms with van der Waals surface area (Å²) in [6.07, 6.45) is 2.21. The molecule has 1 N–H and O–H groups in total. The first-order valence-corrected chi connectivity index (χ1v) is 9.86. The molecule has 8 nitrogen and oxygen atoms in total. The zero-order valence-electron chi connectivity index (χ0n) is 17.0. The number of aromatic nitrogens is 3. The Balaban J connectivity index is 1.42.